The summed E-state index contributed by atoms with van der Waals surface area (Å²) in [5.41, 5.74) is 2.03. The fourth-order valence-corrected chi connectivity index (χ4v) is 2.44. The molecular formula is C18H21ClN2O. The van der Waals surface area contributed by atoms with Crippen LogP contribution in [0.1, 0.15) is 24.1 Å². The van der Waals surface area contributed by atoms with Crippen LogP contribution in [0.4, 0.5) is 0 Å². The maximum absolute atomic E-state index is 12.6. The molecule has 0 saturated heterocycles. The van der Waals surface area contributed by atoms with E-state index in [1.54, 1.807) is 0 Å². The van der Waals surface area contributed by atoms with Crippen molar-refractivity contribution in [2.24, 2.45) is 0 Å². The molecule has 0 heterocycles. The molecule has 1 atom stereocenters. The van der Waals surface area contributed by atoms with E-state index in [-0.39, 0.29) is 11.9 Å². The average molecular weight is 317 g/mol. The molecule has 0 aliphatic carbocycles. The molecule has 4 heteroatoms. The zero-order valence-corrected chi connectivity index (χ0v) is 13.7. The summed E-state index contributed by atoms with van der Waals surface area (Å²) in [6, 6.07) is 17.1. The molecule has 3 nitrogen and oxygen atoms in total. The second-order valence-electron chi connectivity index (χ2n) is 5.23. The Hall–Kier alpha value is -1.84. The second kappa shape index (κ2) is 7.97. The van der Waals surface area contributed by atoms with Crippen molar-refractivity contribution in [3.63, 3.8) is 0 Å². The van der Waals surface area contributed by atoms with E-state index < -0.39 is 0 Å². The lowest BCUT2D eigenvalue weighted by molar-refractivity contribution is -0.126. The lowest BCUT2D eigenvalue weighted by atomic mass is 10.0. The number of likely N-dealkylation sites (N-methyl/N-ethyl adjacent to an activating group) is 1. The van der Waals surface area contributed by atoms with Crippen LogP contribution in [0.25, 0.3) is 0 Å². The molecule has 0 aliphatic rings. The Morgan fingerprint density at radius 1 is 1.14 bits per heavy atom. The smallest absolute Gasteiger partial charge is 0.242 e. The van der Waals surface area contributed by atoms with Crippen LogP contribution in [0.2, 0.25) is 5.02 Å². The highest BCUT2D eigenvalue weighted by atomic mass is 35.5. The van der Waals surface area contributed by atoms with E-state index in [0.29, 0.717) is 11.6 Å². The molecule has 2 rings (SSSR count). The zero-order chi connectivity index (χ0) is 15.9. The maximum atomic E-state index is 12.6. The van der Waals surface area contributed by atoms with E-state index in [4.69, 9.17) is 11.6 Å². The van der Waals surface area contributed by atoms with Crippen molar-refractivity contribution >= 4 is 17.5 Å². The molecule has 0 spiro atoms. The van der Waals surface area contributed by atoms with E-state index in [9.17, 15) is 4.79 Å². The number of carbonyl (C=O) groups excluding carboxylic acids is 1. The molecule has 0 fully saturated rings. The van der Waals surface area contributed by atoms with Crippen molar-refractivity contribution in [1.82, 2.24) is 10.2 Å². The topological polar surface area (TPSA) is 32.3 Å². The first-order chi connectivity index (χ1) is 10.6. The van der Waals surface area contributed by atoms with Crippen LogP contribution in [0, 0.1) is 0 Å². The van der Waals surface area contributed by atoms with Gasteiger partial charge in [-0.15, -0.1) is 0 Å². The second-order valence-corrected chi connectivity index (χ2v) is 5.67. The monoisotopic (exact) mass is 316 g/mol. The summed E-state index contributed by atoms with van der Waals surface area (Å²) in [5.74, 6) is 0.00509. The van der Waals surface area contributed by atoms with Crippen LogP contribution >= 0.6 is 11.6 Å². The average Bonchev–Trinajstić information content (AvgIpc) is 2.55. The molecule has 1 N–H and O–H groups in total. The van der Waals surface area contributed by atoms with Crippen LogP contribution in [0.5, 0.6) is 0 Å². The third kappa shape index (κ3) is 4.33. The molecule has 0 radical (unpaired) electrons. The van der Waals surface area contributed by atoms with Crippen molar-refractivity contribution in [2.75, 3.05) is 13.6 Å². The number of nitrogens with zero attached hydrogens (tertiary/aromatic N) is 1. The van der Waals surface area contributed by atoms with Crippen molar-refractivity contribution < 1.29 is 4.79 Å². The van der Waals surface area contributed by atoms with Crippen LogP contribution < -0.4 is 5.32 Å². The third-order valence-electron chi connectivity index (χ3n) is 3.68. The fraction of sp³-hybridized carbons (Fsp3) is 0.278. The molecule has 0 aromatic heterocycles. The van der Waals surface area contributed by atoms with Gasteiger partial charge in [0.1, 0.15) is 6.04 Å². The summed E-state index contributed by atoms with van der Waals surface area (Å²) in [6.45, 7) is 3.34. The number of amides is 1. The number of hydrogen-bond acceptors (Lipinski definition) is 2. The van der Waals surface area contributed by atoms with Gasteiger partial charge in [0, 0.05) is 11.6 Å². The van der Waals surface area contributed by atoms with Crippen molar-refractivity contribution in [3.05, 3.63) is 70.7 Å². The van der Waals surface area contributed by atoms with E-state index >= 15 is 0 Å². The van der Waals surface area contributed by atoms with Crippen molar-refractivity contribution in [3.8, 4) is 0 Å². The van der Waals surface area contributed by atoms with Crippen LogP contribution in [0.3, 0.4) is 0 Å². The normalized spacial score (nSPS) is 12.2. The quantitative estimate of drug-likeness (QED) is 0.882. The Bertz CT molecular complexity index is 598. The van der Waals surface area contributed by atoms with Gasteiger partial charge in [-0.05, 0) is 36.9 Å². The molecule has 116 valence electrons. The van der Waals surface area contributed by atoms with Gasteiger partial charge in [-0.25, -0.2) is 0 Å². The first-order valence-corrected chi connectivity index (χ1v) is 7.77. The molecule has 1 unspecified atom stereocenters. The molecule has 2 aromatic carbocycles. The number of benzene rings is 2. The predicted molar refractivity (Wildman–Crippen MR) is 90.8 cm³/mol. The van der Waals surface area contributed by atoms with Gasteiger partial charge in [-0.2, -0.15) is 0 Å². The number of carbonyl (C=O) groups is 1. The predicted octanol–water partition coefficient (Wildman–Crippen LogP) is 3.65. The Morgan fingerprint density at radius 2 is 1.77 bits per heavy atom. The lowest BCUT2D eigenvalue weighted by Gasteiger charge is -2.26. The van der Waals surface area contributed by atoms with Gasteiger partial charge in [-0.3, -0.25) is 9.69 Å². The Kier molecular flexibility index (Phi) is 5.99. The summed E-state index contributed by atoms with van der Waals surface area (Å²) >= 11 is 5.87. The maximum Gasteiger partial charge on any atom is 0.242 e. The van der Waals surface area contributed by atoms with Gasteiger partial charge in [0.2, 0.25) is 5.91 Å². The number of hydrogen-bond donors (Lipinski definition) is 1. The highest BCUT2D eigenvalue weighted by Crippen LogP contribution is 2.19. The summed E-state index contributed by atoms with van der Waals surface area (Å²) in [7, 11) is 1.96. The fourth-order valence-electron chi connectivity index (χ4n) is 2.31. The van der Waals surface area contributed by atoms with Gasteiger partial charge in [0.25, 0.3) is 0 Å². The van der Waals surface area contributed by atoms with E-state index in [2.05, 4.69) is 5.32 Å². The van der Waals surface area contributed by atoms with Crippen LogP contribution in [-0.2, 0) is 11.3 Å². The molecule has 0 aliphatic heterocycles. The van der Waals surface area contributed by atoms with E-state index in [0.717, 1.165) is 17.7 Å². The Morgan fingerprint density at radius 3 is 2.36 bits per heavy atom. The zero-order valence-electron chi connectivity index (χ0n) is 12.9. The highest BCUT2D eigenvalue weighted by molar-refractivity contribution is 6.30. The number of nitrogens with one attached hydrogen (secondary N) is 1. The first kappa shape index (κ1) is 16.5. The molecule has 2 aromatic rings. The van der Waals surface area contributed by atoms with Crippen molar-refractivity contribution in [1.29, 1.82) is 0 Å². The molecule has 1 amide bonds. The van der Waals surface area contributed by atoms with Gasteiger partial charge in [0.05, 0.1) is 0 Å². The SMILES string of the molecule is CCN(C)C(C(=O)NCc1ccc(Cl)cc1)c1ccccc1. The standard InChI is InChI=1S/C18H21ClN2O/c1-3-21(2)17(15-7-5-4-6-8-15)18(22)20-13-14-9-11-16(19)12-10-14/h4-12,17H,3,13H2,1-2H3,(H,20,22). The summed E-state index contributed by atoms with van der Waals surface area (Å²) in [5, 5.41) is 3.71. The van der Waals surface area contributed by atoms with E-state index in [1.807, 2.05) is 73.5 Å². The van der Waals surface area contributed by atoms with E-state index in [1.165, 1.54) is 0 Å². The van der Waals surface area contributed by atoms with Crippen LogP contribution in [0.15, 0.2) is 54.6 Å². The number of halogens is 1. The van der Waals surface area contributed by atoms with Gasteiger partial charge in [-0.1, -0.05) is 61.0 Å². The van der Waals surface area contributed by atoms with Gasteiger partial charge >= 0.3 is 0 Å². The first-order valence-electron chi connectivity index (χ1n) is 7.39. The largest absolute Gasteiger partial charge is 0.350 e. The van der Waals surface area contributed by atoms with Gasteiger partial charge in [0.15, 0.2) is 0 Å². The molecule has 0 saturated carbocycles. The molecular weight excluding hydrogens is 296 g/mol. The molecule has 0 bridgehead atoms. The van der Waals surface area contributed by atoms with Crippen molar-refractivity contribution in [2.45, 2.75) is 19.5 Å². The minimum atomic E-state index is -0.279. The minimum absolute atomic E-state index is 0.00509. The lowest BCUT2D eigenvalue weighted by Crippen LogP contribution is -2.38. The van der Waals surface area contributed by atoms with Crippen LogP contribution in [-0.4, -0.2) is 24.4 Å². The summed E-state index contributed by atoms with van der Waals surface area (Å²) in [6.07, 6.45) is 0. The minimum Gasteiger partial charge on any atom is -0.350 e. The summed E-state index contributed by atoms with van der Waals surface area (Å²) < 4.78 is 0. The number of rotatable bonds is 6. The summed E-state index contributed by atoms with van der Waals surface area (Å²) in [4.78, 5) is 14.6. The Labute approximate surface area is 136 Å². The van der Waals surface area contributed by atoms with Gasteiger partial charge < -0.3 is 5.32 Å². The molecule has 22 heavy (non-hydrogen) atoms. The third-order valence-corrected chi connectivity index (χ3v) is 3.94. The Balaban J connectivity index is 2.07. The highest BCUT2D eigenvalue weighted by Gasteiger charge is 2.23.